The van der Waals surface area contributed by atoms with Crippen LogP contribution in [0.1, 0.15) is 25.8 Å². The lowest BCUT2D eigenvalue weighted by molar-refractivity contribution is -0.0504. The van der Waals surface area contributed by atoms with E-state index < -0.39 is 6.61 Å². The molecule has 0 bridgehead atoms. The highest BCUT2D eigenvalue weighted by atomic mass is 19.3. The molecule has 0 saturated heterocycles. The van der Waals surface area contributed by atoms with Crippen LogP contribution < -0.4 is 10.1 Å². The minimum atomic E-state index is -2.78. The molecule has 20 heavy (non-hydrogen) atoms. The summed E-state index contributed by atoms with van der Waals surface area (Å²) in [6.07, 6.45) is 1.14. The van der Waals surface area contributed by atoms with E-state index in [9.17, 15) is 8.78 Å². The number of alkyl halides is 2. The zero-order valence-corrected chi connectivity index (χ0v) is 12.2. The highest BCUT2D eigenvalue weighted by Crippen LogP contribution is 2.19. The SMILES string of the molecule is CCCN(CC)CCNCc1ccccc1OC(F)F. The fourth-order valence-corrected chi connectivity index (χ4v) is 2.07. The summed E-state index contributed by atoms with van der Waals surface area (Å²) in [6.45, 7) is 5.96. The van der Waals surface area contributed by atoms with E-state index >= 15 is 0 Å². The molecule has 0 fully saturated rings. The van der Waals surface area contributed by atoms with E-state index in [1.54, 1.807) is 18.2 Å². The van der Waals surface area contributed by atoms with Gasteiger partial charge in [-0.15, -0.1) is 0 Å². The Morgan fingerprint density at radius 2 is 1.95 bits per heavy atom. The van der Waals surface area contributed by atoms with Crippen molar-refractivity contribution in [1.29, 1.82) is 0 Å². The number of nitrogens with one attached hydrogen (secondary N) is 1. The first kappa shape index (κ1) is 16.9. The van der Waals surface area contributed by atoms with E-state index in [1.807, 2.05) is 6.07 Å². The van der Waals surface area contributed by atoms with Crippen molar-refractivity contribution < 1.29 is 13.5 Å². The van der Waals surface area contributed by atoms with Crippen molar-refractivity contribution in [3.8, 4) is 5.75 Å². The second-order valence-electron chi connectivity index (χ2n) is 4.60. The van der Waals surface area contributed by atoms with Crippen molar-refractivity contribution in [2.24, 2.45) is 0 Å². The number of ether oxygens (including phenoxy) is 1. The van der Waals surface area contributed by atoms with Gasteiger partial charge in [0.15, 0.2) is 0 Å². The second kappa shape index (κ2) is 9.66. The Hall–Kier alpha value is -1.20. The standard InChI is InChI=1S/C15H24F2N2O/c1-3-10-19(4-2)11-9-18-12-13-7-5-6-8-14(13)20-15(16)17/h5-8,15,18H,3-4,9-12H2,1-2H3. The summed E-state index contributed by atoms with van der Waals surface area (Å²) in [4.78, 5) is 2.36. The van der Waals surface area contributed by atoms with Gasteiger partial charge in [0.2, 0.25) is 0 Å². The van der Waals surface area contributed by atoms with E-state index in [1.165, 1.54) is 0 Å². The Morgan fingerprint density at radius 3 is 2.60 bits per heavy atom. The fourth-order valence-electron chi connectivity index (χ4n) is 2.07. The van der Waals surface area contributed by atoms with E-state index in [4.69, 9.17) is 0 Å². The summed E-state index contributed by atoms with van der Waals surface area (Å²) >= 11 is 0. The molecule has 1 aromatic carbocycles. The number of nitrogens with zero attached hydrogens (tertiary/aromatic N) is 1. The van der Waals surface area contributed by atoms with Crippen LogP contribution in [0.5, 0.6) is 5.75 Å². The number of rotatable bonds is 10. The lowest BCUT2D eigenvalue weighted by atomic mass is 10.2. The molecule has 1 N–H and O–H groups in total. The topological polar surface area (TPSA) is 24.5 Å². The highest BCUT2D eigenvalue weighted by molar-refractivity contribution is 5.33. The van der Waals surface area contributed by atoms with Gasteiger partial charge in [0, 0.05) is 25.2 Å². The summed E-state index contributed by atoms with van der Waals surface area (Å²) < 4.78 is 29.1. The number of likely N-dealkylation sites (N-methyl/N-ethyl adjacent to an activating group) is 1. The largest absolute Gasteiger partial charge is 0.434 e. The van der Waals surface area contributed by atoms with Crippen LogP contribution in [0.2, 0.25) is 0 Å². The van der Waals surface area contributed by atoms with Gasteiger partial charge in [-0.2, -0.15) is 8.78 Å². The first-order chi connectivity index (χ1) is 9.67. The third-order valence-electron chi connectivity index (χ3n) is 3.10. The van der Waals surface area contributed by atoms with Crippen molar-refractivity contribution in [2.45, 2.75) is 33.4 Å². The van der Waals surface area contributed by atoms with Crippen LogP contribution in [0.3, 0.4) is 0 Å². The highest BCUT2D eigenvalue weighted by Gasteiger charge is 2.08. The molecule has 114 valence electrons. The molecule has 0 aliphatic heterocycles. The molecule has 5 heteroatoms. The van der Waals surface area contributed by atoms with Crippen molar-refractivity contribution in [3.63, 3.8) is 0 Å². The van der Waals surface area contributed by atoms with Gasteiger partial charge in [0.25, 0.3) is 0 Å². The van der Waals surface area contributed by atoms with Crippen molar-refractivity contribution in [3.05, 3.63) is 29.8 Å². The zero-order valence-electron chi connectivity index (χ0n) is 12.2. The van der Waals surface area contributed by atoms with E-state index in [0.717, 1.165) is 38.2 Å². The molecule has 0 aliphatic rings. The van der Waals surface area contributed by atoms with Crippen molar-refractivity contribution >= 4 is 0 Å². The third kappa shape index (κ3) is 6.30. The lowest BCUT2D eigenvalue weighted by Crippen LogP contribution is -2.32. The van der Waals surface area contributed by atoms with Crippen molar-refractivity contribution in [1.82, 2.24) is 10.2 Å². The van der Waals surface area contributed by atoms with Crippen molar-refractivity contribution in [2.75, 3.05) is 26.2 Å². The third-order valence-corrected chi connectivity index (χ3v) is 3.10. The maximum atomic E-state index is 12.3. The molecular weight excluding hydrogens is 262 g/mol. The summed E-state index contributed by atoms with van der Waals surface area (Å²) in [5.41, 5.74) is 0.756. The fraction of sp³-hybridized carbons (Fsp3) is 0.600. The maximum Gasteiger partial charge on any atom is 0.387 e. The zero-order chi connectivity index (χ0) is 14.8. The van der Waals surface area contributed by atoms with E-state index in [2.05, 4.69) is 28.8 Å². The van der Waals surface area contributed by atoms with Gasteiger partial charge in [0.1, 0.15) is 5.75 Å². The van der Waals surface area contributed by atoms with Gasteiger partial charge in [-0.05, 0) is 25.6 Å². The molecule has 0 heterocycles. The molecular formula is C15H24F2N2O. The van der Waals surface area contributed by atoms with Gasteiger partial charge < -0.3 is 15.0 Å². The maximum absolute atomic E-state index is 12.3. The Balaban J connectivity index is 2.38. The average molecular weight is 286 g/mol. The minimum Gasteiger partial charge on any atom is -0.434 e. The van der Waals surface area contributed by atoms with Crippen LogP contribution in [-0.2, 0) is 6.54 Å². The van der Waals surface area contributed by atoms with E-state index in [-0.39, 0.29) is 5.75 Å². The second-order valence-corrected chi connectivity index (χ2v) is 4.60. The molecule has 0 spiro atoms. The Morgan fingerprint density at radius 1 is 1.20 bits per heavy atom. The van der Waals surface area contributed by atoms with Crippen LogP contribution >= 0.6 is 0 Å². The van der Waals surface area contributed by atoms with Gasteiger partial charge in [-0.1, -0.05) is 32.0 Å². The average Bonchev–Trinajstić information content (AvgIpc) is 2.43. The molecule has 0 amide bonds. The molecule has 1 rings (SSSR count). The van der Waals surface area contributed by atoms with Gasteiger partial charge in [-0.25, -0.2) is 0 Å². The van der Waals surface area contributed by atoms with E-state index in [0.29, 0.717) is 6.54 Å². The Kier molecular flexibility index (Phi) is 8.14. The number of hydrogen-bond acceptors (Lipinski definition) is 3. The normalized spacial score (nSPS) is 11.3. The quantitative estimate of drug-likeness (QED) is 0.669. The number of hydrogen-bond donors (Lipinski definition) is 1. The molecule has 0 unspecified atom stereocenters. The minimum absolute atomic E-state index is 0.246. The molecule has 3 nitrogen and oxygen atoms in total. The Labute approximate surface area is 119 Å². The molecule has 0 aliphatic carbocycles. The molecule has 0 radical (unpaired) electrons. The molecule has 0 atom stereocenters. The van der Waals surface area contributed by atoms with Crippen LogP contribution in [-0.4, -0.2) is 37.7 Å². The number of benzene rings is 1. The van der Waals surface area contributed by atoms with Crippen LogP contribution in [0.25, 0.3) is 0 Å². The predicted molar refractivity (Wildman–Crippen MR) is 77.2 cm³/mol. The van der Waals surface area contributed by atoms with Gasteiger partial charge >= 0.3 is 6.61 Å². The lowest BCUT2D eigenvalue weighted by Gasteiger charge is -2.19. The summed E-state index contributed by atoms with van der Waals surface area (Å²) in [5, 5.41) is 3.27. The summed E-state index contributed by atoms with van der Waals surface area (Å²) in [7, 11) is 0. The predicted octanol–water partition coefficient (Wildman–Crippen LogP) is 3.11. The van der Waals surface area contributed by atoms with Crippen LogP contribution in [0, 0.1) is 0 Å². The Bertz CT molecular complexity index is 375. The smallest absolute Gasteiger partial charge is 0.387 e. The number of para-hydroxylation sites is 1. The van der Waals surface area contributed by atoms with Gasteiger partial charge in [-0.3, -0.25) is 0 Å². The molecule has 0 saturated carbocycles. The first-order valence-electron chi connectivity index (χ1n) is 7.13. The summed E-state index contributed by atoms with van der Waals surface area (Å²) in [5.74, 6) is 0.246. The molecule has 1 aromatic rings. The van der Waals surface area contributed by atoms with Crippen LogP contribution in [0.4, 0.5) is 8.78 Å². The number of halogens is 2. The first-order valence-corrected chi connectivity index (χ1v) is 7.13. The monoisotopic (exact) mass is 286 g/mol. The van der Waals surface area contributed by atoms with Crippen LogP contribution in [0.15, 0.2) is 24.3 Å². The van der Waals surface area contributed by atoms with Gasteiger partial charge in [0.05, 0.1) is 0 Å². The molecule has 0 aromatic heterocycles. The summed E-state index contributed by atoms with van der Waals surface area (Å²) in [6, 6.07) is 6.89.